The zero-order chi connectivity index (χ0) is 13.0. The Balaban J connectivity index is 2.70. The Labute approximate surface area is 103 Å². The molecule has 0 radical (unpaired) electrons. The van der Waals surface area contributed by atoms with Crippen LogP contribution in [0.1, 0.15) is 22.3 Å². The number of rotatable bonds is 3. The Morgan fingerprint density at radius 1 is 1.24 bits per heavy atom. The lowest BCUT2D eigenvalue weighted by Gasteiger charge is -2.17. The van der Waals surface area contributed by atoms with Gasteiger partial charge in [-0.15, -0.1) is 0 Å². The second-order valence-electron chi connectivity index (χ2n) is 4.48. The van der Waals surface area contributed by atoms with Crippen molar-refractivity contribution in [2.45, 2.75) is 27.2 Å². The highest BCUT2D eigenvalue weighted by Gasteiger charge is 2.07. The number of nitrogens with two attached hydrogens (primary N) is 1. The van der Waals surface area contributed by atoms with E-state index in [1.54, 1.807) is 11.9 Å². The predicted octanol–water partition coefficient (Wildman–Crippen LogP) is 1.67. The monoisotopic (exact) mass is 235 g/mol. The van der Waals surface area contributed by atoms with Crippen LogP contribution in [0.4, 0.5) is 4.79 Å². The van der Waals surface area contributed by atoms with Gasteiger partial charge in [0, 0.05) is 13.6 Å². The third-order valence-corrected chi connectivity index (χ3v) is 3.14. The second-order valence-corrected chi connectivity index (χ2v) is 4.48. The van der Waals surface area contributed by atoms with E-state index in [1.807, 2.05) is 0 Å². The predicted molar refractivity (Wildman–Crippen MR) is 69.7 cm³/mol. The molecule has 0 aromatic heterocycles. The molecule has 4 nitrogen and oxygen atoms in total. The van der Waals surface area contributed by atoms with E-state index in [9.17, 15) is 4.79 Å². The minimum Gasteiger partial charge on any atom is -0.326 e. The van der Waals surface area contributed by atoms with Crippen LogP contribution in [0.2, 0.25) is 0 Å². The fourth-order valence-electron chi connectivity index (χ4n) is 1.79. The van der Waals surface area contributed by atoms with E-state index < -0.39 is 0 Å². The molecule has 0 heterocycles. The highest BCUT2D eigenvalue weighted by Crippen LogP contribution is 2.15. The Kier molecular flexibility index (Phi) is 4.52. The molecule has 3 N–H and O–H groups in total. The summed E-state index contributed by atoms with van der Waals surface area (Å²) in [4.78, 5) is 12.8. The number of amides is 2. The molecule has 0 aliphatic rings. The van der Waals surface area contributed by atoms with Crippen molar-refractivity contribution in [2.24, 2.45) is 5.84 Å². The van der Waals surface area contributed by atoms with Crippen molar-refractivity contribution >= 4 is 6.03 Å². The summed E-state index contributed by atoms with van der Waals surface area (Å²) < 4.78 is 0. The van der Waals surface area contributed by atoms with Crippen LogP contribution in [-0.2, 0) is 6.42 Å². The van der Waals surface area contributed by atoms with E-state index >= 15 is 0 Å². The summed E-state index contributed by atoms with van der Waals surface area (Å²) in [5.74, 6) is 5.07. The fourth-order valence-corrected chi connectivity index (χ4v) is 1.79. The van der Waals surface area contributed by atoms with Crippen LogP contribution in [0.3, 0.4) is 0 Å². The van der Waals surface area contributed by atoms with E-state index in [0.29, 0.717) is 6.54 Å². The number of carbonyl (C=O) groups is 1. The van der Waals surface area contributed by atoms with Gasteiger partial charge in [0.2, 0.25) is 0 Å². The molecule has 0 spiro atoms. The van der Waals surface area contributed by atoms with Crippen LogP contribution < -0.4 is 11.3 Å². The molecule has 0 saturated carbocycles. The number of likely N-dealkylation sites (N-methyl/N-ethyl adjacent to an activating group) is 1. The van der Waals surface area contributed by atoms with Crippen LogP contribution in [0.5, 0.6) is 0 Å². The number of hydrazine groups is 1. The average molecular weight is 235 g/mol. The van der Waals surface area contributed by atoms with Crippen LogP contribution in [-0.4, -0.2) is 24.5 Å². The maximum Gasteiger partial charge on any atom is 0.331 e. The van der Waals surface area contributed by atoms with E-state index in [-0.39, 0.29) is 6.03 Å². The molecule has 17 heavy (non-hydrogen) atoms. The van der Waals surface area contributed by atoms with E-state index in [2.05, 4.69) is 38.3 Å². The number of aryl methyl sites for hydroxylation is 3. The van der Waals surface area contributed by atoms with Crippen LogP contribution in [0, 0.1) is 20.8 Å². The summed E-state index contributed by atoms with van der Waals surface area (Å²) in [6, 6.07) is 4.12. The van der Waals surface area contributed by atoms with Gasteiger partial charge in [-0.25, -0.2) is 10.6 Å². The second kappa shape index (κ2) is 5.68. The summed E-state index contributed by atoms with van der Waals surface area (Å²) in [6.45, 7) is 6.98. The third kappa shape index (κ3) is 3.46. The normalized spacial score (nSPS) is 10.2. The van der Waals surface area contributed by atoms with Crippen molar-refractivity contribution in [3.05, 3.63) is 34.4 Å². The van der Waals surface area contributed by atoms with Gasteiger partial charge in [0.05, 0.1) is 0 Å². The Morgan fingerprint density at radius 3 is 2.41 bits per heavy atom. The molecule has 94 valence electrons. The van der Waals surface area contributed by atoms with Crippen molar-refractivity contribution in [1.82, 2.24) is 10.3 Å². The molecule has 0 atom stereocenters. The first-order valence-corrected chi connectivity index (χ1v) is 5.74. The number of hydrogen-bond donors (Lipinski definition) is 2. The summed E-state index contributed by atoms with van der Waals surface area (Å²) in [7, 11) is 1.73. The lowest BCUT2D eigenvalue weighted by molar-refractivity contribution is 0.209. The molecule has 1 aromatic carbocycles. The SMILES string of the molecule is Cc1cc(C)c(CCN(C)C(=O)NN)cc1C. The number of hydrogen-bond acceptors (Lipinski definition) is 2. The van der Waals surface area contributed by atoms with Gasteiger partial charge in [-0.2, -0.15) is 0 Å². The minimum atomic E-state index is -0.258. The molecular weight excluding hydrogens is 214 g/mol. The van der Waals surface area contributed by atoms with Crippen LogP contribution in [0.25, 0.3) is 0 Å². The first kappa shape index (κ1) is 13.5. The maximum absolute atomic E-state index is 11.2. The molecule has 1 aromatic rings. The Hall–Kier alpha value is -1.55. The Morgan fingerprint density at radius 2 is 1.82 bits per heavy atom. The van der Waals surface area contributed by atoms with Gasteiger partial charge in [-0.3, -0.25) is 5.43 Å². The van der Waals surface area contributed by atoms with Crippen molar-refractivity contribution in [2.75, 3.05) is 13.6 Å². The smallest absolute Gasteiger partial charge is 0.326 e. The molecule has 0 aliphatic heterocycles. The number of benzene rings is 1. The summed E-state index contributed by atoms with van der Waals surface area (Å²) >= 11 is 0. The first-order chi connectivity index (χ1) is 7.95. The van der Waals surface area contributed by atoms with Crippen molar-refractivity contribution < 1.29 is 4.79 Å². The average Bonchev–Trinajstić information content (AvgIpc) is 2.30. The number of carbonyl (C=O) groups excluding carboxylic acids is 1. The van der Waals surface area contributed by atoms with Crippen LogP contribution >= 0.6 is 0 Å². The van der Waals surface area contributed by atoms with E-state index in [0.717, 1.165) is 6.42 Å². The summed E-state index contributed by atoms with van der Waals surface area (Å²) in [5.41, 5.74) is 7.27. The van der Waals surface area contributed by atoms with Gasteiger partial charge in [0.1, 0.15) is 0 Å². The standard InChI is InChI=1S/C13H21N3O/c1-9-7-11(3)12(8-10(9)2)5-6-16(4)13(17)15-14/h7-8H,5-6,14H2,1-4H3,(H,15,17). The highest BCUT2D eigenvalue weighted by molar-refractivity contribution is 5.73. The lowest BCUT2D eigenvalue weighted by atomic mass is 9.99. The molecular formula is C13H21N3O. The lowest BCUT2D eigenvalue weighted by Crippen LogP contribution is -2.42. The molecule has 2 amide bonds. The molecule has 0 saturated heterocycles. The van der Waals surface area contributed by atoms with E-state index in [4.69, 9.17) is 5.84 Å². The third-order valence-electron chi connectivity index (χ3n) is 3.14. The molecule has 0 bridgehead atoms. The van der Waals surface area contributed by atoms with Crippen molar-refractivity contribution in [3.63, 3.8) is 0 Å². The van der Waals surface area contributed by atoms with Gasteiger partial charge in [0.25, 0.3) is 0 Å². The highest BCUT2D eigenvalue weighted by atomic mass is 16.2. The van der Waals surface area contributed by atoms with Crippen molar-refractivity contribution in [1.29, 1.82) is 0 Å². The number of nitrogens with one attached hydrogen (secondary N) is 1. The number of nitrogens with zero attached hydrogens (tertiary/aromatic N) is 1. The summed E-state index contributed by atoms with van der Waals surface area (Å²) in [6.07, 6.45) is 0.844. The van der Waals surface area contributed by atoms with Crippen molar-refractivity contribution in [3.8, 4) is 0 Å². The molecule has 1 rings (SSSR count). The zero-order valence-corrected chi connectivity index (χ0v) is 11.0. The van der Waals surface area contributed by atoms with Gasteiger partial charge in [-0.05, 0) is 49.4 Å². The minimum absolute atomic E-state index is 0.258. The van der Waals surface area contributed by atoms with E-state index in [1.165, 1.54) is 22.3 Å². The van der Waals surface area contributed by atoms with Gasteiger partial charge in [-0.1, -0.05) is 12.1 Å². The molecule has 0 unspecified atom stereocenters. The Bertz CT molecular complexity index is 415. The maximum atomic E-state index is 11.2. The first-order valence-electron chi connectivity index (χ1n) is 5.74. The molecule has 4 heteroatoms. The molecule has 0 aliphatic carbocycles. The molecule has 0 fully saturated rings. The van der Waals surface area contributed by atoms with Gasteiger partial charge >= 0.3 is 6.03 Å². The number of urea groups is 1. The summed E-state index contributed by atoms with van der Waals surface area (Å²) in [5, 5.41) is 0. The zero-order valence-electron chi connectivity index (χ0n) is 11.0. The van der Waals surface area contributed by atoms with Gasteiger partial charge < -0.3 is 4.90 Å². The fraction of sp³-hybridized carbons (Fsp3) is 0.462. The van der Waals surface area contributed by atoms with Crippen LogP contribution in [0.15, 0.2) is 12.1 Å². The topological polar surface area (TPSA) is 58.4 Å². The quantitative estimate of drug-likeness (QED) is 0.475. The van der Waals surface area contributed by atoms with Gasteiger partial charge in [0.15, 0.2) is 0 Å². The largest absolute Gasteiger partial charge is 0.331 e.